The lowest BCUT2D eigenvalue weighted by atomic mass is 10.3. The van der Waals surface area contributed by atoms with Gasteiger partial charge < -0.3 is 14.9 Å². The summed E-state index contributed by atoms with van der Waals surface area (Å²) >= 11 is 0. The van der Waals surface area contributed by atoms with Crippen molar-refractivity contribution in [3.63, 3.8) is 0 Å². The molecule has 5 heteroatoms. The van der Waals surface area contributed by atoms with E-state index >= 15 is 0 Å². The number of nitrogens with zero attached hydrogens (tertiary/aromatic N) is 4. The van der Waals surface area contributed by atoms with Gasteiger partial charge in [-0.1, -0.05) is 6.92 Å². The van der Waals surface area contributed by atoms with Gasteiger partial charge in [0.15, 0.2) is 0 Å². The van der Waals surface area contributed by atoms with Gasteiger partial charge in [-0.3, -0.25) is 0 Å². The van der Waals surface area contributed by atoms with Gasteiger partial charge >= 0.3 is 0 Å². The van der Waals surface area contributed by atoms with Crippen LogP contribution in [0.4, 0.5) is 5.95 Å². The number of anilines is 1. The maximum atomic E-state index is 9.02. The van der Waals surface area contributed by atoms with Crippen LogP contribution in [-0.4, -0.2) is 52.7 Å². The molecule has 0 bridgehead atoms. The van der Waals surface area contributed by atoms with Crippen molar-refractivity contribution in [2.75, 3.05) is 37.6 Å². The second kappa shape index (κ2) is 5.23. The molecule has 88 valence electrons. The van der Waals surface area contributed by atoms with Crippen LogP contribution in [0.25, 0.3) is 0 Å². The summed E-state index contributed by atoms with van der Waals surface area (Å²) in [6.07, 6.45) is 1.71. The van der Waals surface area contributed by atoms with Crippen LogP contribution in [0.2, 0.25) is 0 Å². The normalized spacial score (nSPS) is 17.8. The largest absolute Gasteiger partial charge is 0.390 e. The highest BCUT2D eigenvalue weighted by atomic mass is 16.3. The van der Waals surface area contributed by atoms with E-state index in [1.807, 2.05) is 0 Å². The van der Waals surface area contributed by atoms with Crippen molar-refractivity contribution in [2.45, 2.75) is 13.5 Å². The Morgan fingerprint density at radius 2 is 2.06 bits per heavy atom. The summed E-state index contributed by atoms with van der Waals surface area (Å²) in [5, 5.41) is 9.02. The predicted octanol–water partition coefficient (Wildman–Crippen LogP) is 0.111. The summed E-state index contributed by atoms with van der Waals surface area (Å²) in [6, 6.07) is 1.74. The van der Waals surface area contributed by atoms with Crippen molar-refractivity contribution in [3.05, 3.63) is 18.0 Å². The van der Waals surface area contributed by atoms with Gasteiger partial charge in [-0.15, -0.1) is 0 Å². The number of aliphatic hydroxyl groups is 1. The van der Waals surface area contributed by atoms with Crippen molar-refractivity contribution < 1.29 is 5.11 Å². The minimum Gasteiger partial charge on any atom is -0.390 e. The molecule has 0 unspecified atom stereocenters. The van der Waals surface area contributed by atoms with Crippen LogP contribution in [0, 0.1) is 0 Å². The molecule has 16 heavy (non-hydrogen) atoms. The molecular formula is C11H18N4O. The summed E-state index contributed by atoms with van der Waals surface area (Å²) < 4.78 is 0. The summed E-state index contributed by atoms with van der Waals surface area (Å²) in [7, 11) is 0. The first-order valence-corrected chi connectivity index (χ1v) is 5.73. The fourth-order valence-electron chi connectivity index (χ4n) is 1.89. The van der Waals surface area contributed by atoms with Gasteiger partial charge in [0.1, 0.15) is 0 Å². The third-order valence-corrected chi connectivity index (χ3v) is 2.96. The Labute approximate surface area is 95.7 Å². The molecule has 0 aromatic carbocycles. The van der Waals surface area contributed by atoms with Gasteiger partial charge in [-0.2, -0.15) is 0 Å². The first-order chi connectivity index (χ1) is 7.83. The van der Waals surface area contributed by atoms with Crippen LogP contribution in [0.15, 0.2) is 12.3 Å². The molecule has 1 N–H and O–H groups in total. The first kappa shape index (κ1) is 11.3. The zero-order valence-electron chi connectivity index (χ0n) is 9.63. The maximum absolute atomic E-state index is 9.02. The number of rotatable bonds is 3. The molecule has 0 aliphatic carbocycles. The Kier molecular flexibility index (Phi) is 3.69. The monoisotopic (exact) mass is 222 g/mol. The minimum absolute atomic E-state index is 0.0234. The fourth-order valence-corrected chi connectivity index (χ4v) is 1.89. The van der Waals surface area contributed by atoms with E-state index in [2.05, 4.69) is 26.7 Å². The zero-order valence-corrected chi connectivity index (χ0v) is 9.63. The van der Waals surface area contributed by atoms with E-state index in [-0.39, 0.29) is 6.61 Å². The van der Waals surface area contributed by atoms with Gasteiger partial charge in [0.25, 0.3) is 0 Å². The third kappa shape index (κ3) is 2.48. The Morgan fingerprint density at radius 3 is 2.69 bits per heavy atom. The lowest BCUT2D eigenvalue weighted by Gasteiger charge is -2.34. The molecule has 1 aliphatic heterocycles. The quantitative estimate of drug-likeness (QED) is 0.786. The van der Waals surface area contributed by atoms with Gasteiger partial charge in [-0.05, 0) is 12.6 Å². The first-order valence-electron chi connectivity index (χ1n) is 5.73. The molecule has 1 aromatic heterocycles. The molecule has 0 atom stereocenters. The van der Waals surface area contributed by atoms with Crippen molar-refractivity contribution in [3.8, 4) is 0 Å². The SMILES string of the molecule is CCN1CCN(c2nccc(CO)n2)CC1. The number of hydrogen-bond donors (Lipinski definition) is 1. The highest BCUT2D eigenvalue weighted by molar-refractivity contribution is 5.30. The lowest BCUT2D eigenvalue weighted by molar-refractivity contribution is 0.267. The molecule has 0 amide bonds. The van der Waals surface area contributed by atoms with Crippen LogP contribution >= 0.6 is 0 Å². The molecule has 5 nitrogen and oxygen atoms in total. The van der Waals surface area contributed by atoms with Gasteiger partial charge in [0, 0.05) is 32.4 Å². The molecule has 1 fully saturated rings. The van der Waals surface area contributed by atoms with Crippen LogP contribution in [0.1, 0.15) is 12.6 Å². The maximum Gasteiger partial charge on any atom is 0.225 e. The Morgan fingerprint density at radius 1 is 1.31 bits per heavy atom. The van der Waals surface area contributed by atoms with E-state index in [0.717, 1.165) is 38.7 Å². The number of likely N-dealkylation sites (N-methyl/N-ethyl adjacent to an activating group) is 1. The van der Waals surface area contributed by atoms with E-state index < -0.39 is 0 Å². The molecule has 1 aliphatic rings. The topological polar surface area (TPSA) is 52.5 Å². The summed E-state index contributed by atoms with van der Waals surface area (Å²) in [4.78, 5) is 13.1. The molecule has 0 saturated carbocycles. The Balaban J connectivity index is 2.02. The number of hydrogen-bond acceptors (Lipinski definition) is 5. The van der Waals surface area contributed by atoms with E-state index in [4.69, 9.17) is 5.11 Å². The Hall–Kier alpha value is -1.20. The molecule has 0 spiro atoms. The zero-order chi connectivity index (χ0) is 11.4. The van der Waals surface area contributed by atoms with Crippen molar-refractivity contribution in [2.24, 2.45) is 0 Å². The number of piperazine rings is 1. The average Bonchev–Trinajstić information content (AvgIpc) is 2.39. The van der Waals surface area contributed by atoms with E-state index in [9.17, 15) is 0 Å². The molecule has 2 rings (SSSR count). The summed E-state index contributed by atoms with van der Waals surface area (Å²) in [5.41, 5.74) is 0.683. The number of aromatic nitrogens is 2. The smallest absolute Gasteiger partial charge is 0.225 e. The summed E-state index contributed by atoms with van der Waals surface area (Å²) in [5.74, 6) is 0.738. The van der Waals surface area contributed by atoms with Crippen LogP contribution in [0.5, 0.6) is 0 Å². The van der Waals surface area contributed by atoms with Crippen LogP contribution in [0.3, 0.4) is 0 Å². The van der Waals surface area contributed by atoms with E-state index in [1.54, 1.807) is 12.3 Å². The van der Waals surface area contributed by atoms with E-state index in [0.29, 0.717) is 5.69 Å². The highest BCUT2D eigenvalue weighted by Gasteiger charge is 2.17. The van der Waals surface area contributed by atoms with Crippen LogP contribution in [-0.2, 0) is 6.61 Å². The summed E-state index contributed by atoms with van der Waals surface area (Å²) in [6.45, 7) is 7.30. The second-order valence-electron chi connectivity index (χ2n) is 3.93. The highest BCUT2D eigenvalue weighted by Crippen LogP contribution is 2.10. The third-order valence-electron chi connectivity index (χ3n) is 2.96. The van der Waals surface area contributed by atoms with Crippen molar-refractivity contribution in [1.29, 1.82) is 0 Å². The van der Waals surface area contributed by atoms with Gasteiger partial charge in [0.05, 0.1) is 12.3 Å². The van der Waals surface area contributed by atoms with E-state index in [1.165, 1.54) is 0 Å². The van der Waals surface area contributed by atoms with Gasteiger partial charge in [0.2, 0.25) is 5.95 Å². The van der Waals surface area contributed by atoms with Gasteiger partial charge in [-0.25, -0.2) is 9.97 Å². The molecular weight excluding hydrogens is 204 g/mol. The van der Waals surface area contributed by atoms with Crippen molar-refractivity contribution in [1.82, 2.24) is 14.9 Å². The lowest BCUT2D eigenvalue weighted by Crippen LogP contribution is -2.46. The predicted molar refractivity (Wildman–Crippen MR) is 62.3 cm³/mol. The fraction of sp³-hybridized carbons (Fsp3) is 0.636. The standard InChI is InChI=1S/C11H18N4O/c1-2-14-5-7-15(8-6-14)11-12-4-3-10(9-16)13-11/h3-4,16H,2,5-9H2,1H3. The average molecular weight is 222 g/mol. The Bertz CT molecular complexity index is 337. The minimum atomic E-state index is -0.0234. The van der Waals surface area contributed by atoms with Crippen molar-refractivity contribution >= 4 is 5.95 Å². The molecule has 1 saturated heterocycles. The second-order valence-corrected chi connectivity index (χ2v) is 3.93. The molecule has 2 heterocycles. The molecule has 0 radical (unpaired) electrons. The van der Waals surface area contributed by atoms with Crippen LogP contribution < -0.4 is 4.90 Å². The molecule has 1 aromatic rings. The number of aliphatic hydroxyl groups excluding tert-OH is 1.